The number of likely N-dealkylation sites (tertiary alicyclic amines) is 1. The zero-order valence-electron chi connectivity index (χ0n) is 11.9. The summed E-state index contributed by atoms with van der Waals surface area (Å²) in [5.41, 5.74) is 2.38. The Morgan fingerprint density at radius 3 is 3.00 bits per heavy atom. The standard InChI is InChI=1S/C16H23N3/c1-13(2)18-9-5-6-14(10-18)11-19-12-17-15-7-3-4-8-16(15)19/h3-4,7-8,12-14H,5-6,9-11H2,1-2H3/t14-/m0/s1. The summed E-state index contributed by atoms with van der Waals surface area (Å²) in [6, 6.07) is 9.09. The third kappa shape index (κ3) is 2.66. The van der Waals surface area contributed by atoms with E-state index in [1.54, 1.807) is 0 Å². The van der Waals surface area contributed by atoms with Crippen LogP contribution in [0.3, 0.4) is 0 Å². The minimum Gasteiger partial charge on any atom is -0.330 e. The Kier molecular flexibility index (Phi) is 3.56. The minimum atomic E-state index is 0.669. The third-order valence-corrected chi connectivity index (χ3v) is 4.26. The normalized spacial score (nSPS) is 21.3. The lowest BCUT2D eigenvalue weighted by Crippen LogP contribution is -2.41. The highest BCUT2D eigenvalue weighted by molar-refractivity contribution is 5.74. The Balaban J connectivity index is 1.74. The molecule has 0 aliphatic carbocycles. The van der Waals surface area contributed by atoms with Crippen LogP contribution in [-0.2, 0) is 6.54 Å². The molecule has 2 aromatic rings. The lowest BCUT2D eigenvalue weighted by molar-refractivity contribution is 0.131. The lowest BCUT2D eigenvalue weighted by Gasteiger charge is -2.35. The van der Waals surface area contributed by atoms with E-state index in [2.05, 4.69) is 52.6 Å². The van der Waals surface area contributed by atoms with E-state index < -0.39 is 0 Å². The van der Waals surface area contributed by atoms with Gasteiger partial charge in [-0.1, -0.05) is 12.1 Å². The van der Waals surface area contributed by atoms with Gasteiger partial charge in [0.25, 0.3) is 0 Å². The molecule has 1 atom stereocenters. The fourth-order valence-electron chi connectivity index (χ4n) is 3.15. The first-order valence-corrected chi connectivity index (χ1v) is 7.38. The Morgan fingerprint density at radius 1 is 1.32 bits per heavy atom. The van der Waals surface area contributed by atoms with Crippen LogP contribution in [0.25, 0.3) is 11.0 Å². The number of piperidine rings is 1. The van der Waals surface area contributed by atoms with Gasteiger partial charge in [0, 0.05) is 19.1 Å². The van der Waals surface area contributed by atoms with Gasteiger partial charge in [-0.25, -0.2) is 4.98 Å². The van der Waals surface area contributed by atoms with E-state index in [1.807, 2.05) is 6.33 Å². The highest BCUT2D eigenvalue weighted by atomic mass is 15.2. The maximum Gasteiger partial charge on any atom is 0.0958 e. The van der Waals surface area contributed by atoms with Crippen molar-refractivity contribution in [2.24, 2.45) is 5.92 Å². The second kappa shape index (κ2) is 5.33. The summed E-state index contributed by atoms with van der Waals surface area (Å²) < 4.78 is 2.32. The molecule has 0 saturated carbocycles. The summed E-state index contributed by atoms with van der Waals surface area (Å²) in [4.78, 5) is 7.09. The van der Waals surface area contributed by atoms with Gasteiger partial charge < -0.3 is 9.47 Å². The molecule has 0 radical (unpaired) electrons. The topological polar surface area (TPSA) is 21.1 Å². The van der Waals surface area contributed by atoms with Gasteiger partial charge in [-0.3, -0.25) is 0 Å². The van der Waals surface area contributed by atoms with Crippen LogP contribution in [0.15, 0.2) is 30.6 Å². The smallest absolute Gasteiger partial charge is 0.0958 e. The maximum absolute atomic E-state index is 4.49. The molecule has 0 unspecified atom stereocenters. The molecule has 19 heavy (non-hydrogen) atoms. The van der Waals surface area contributed by atoms with E-state index in [0.717, 1.165) is 18.0 Å². The van der Waals surface area contributed by atoms with Crippen LogP contribution in [0, 0.1) is 5.92 Å². The molecule has 0 spiro atoms. The molecule has 3 nitrogen and oxygen atoms in total. The third-order valence-electron chi connectivity index (χ3n) is 4.26. The van der Waals surface area contributed by atoms with Crippen molar-refractivity contribution in [3.8, 4) is 0 Å². The van der Waals surface area contributed by atoms with E-state index in [1.165, 1.54) is 31.4 Å². The summed E-state index contributed by atoms with van der Waals surface area (Å²) in [6.45, 7) is 8.19. The van der Waals surface area contributed by atoms with Crippen LogP contribution in [0.1, 0.15) is 26.7 Å². The number of fused-ring (bicyclic) bond motifs is 1. The van der Waals surface area contributed by atoms with Crippen LogP contribution in [-0.4, -0.2) is 33.6 Å². The SMILES string of the molecule is CC(C)N1CCC[C@H](Cn2cnc3ccccc32)C1. The molecule has 0 N–H and O–H groups in total. The molecule has 102 valence electrons. The average molecular weight is 257 g/mol. The molecule has 0 bridgehead atoms. The first-order chi connectivity index (χ1) is 9.24. The average Bonchev–Trinajstić information content (AvgIpc) is 2.83. The van der Waals surface area contributed by atoms with Crippen LogP contribution >= 0.6 is 0 Å². The van der Waals surface area contributed by atoms with Crippen molar-refractivity contribution in [3.05, 3.63) is 30.6 Å². The number of hydrogen-bond acceptors (Lipinski definition) is 2. The van der Waals surface area contributed by atoms with Gasteiger partial charge >= 0.3 is 0 Å². The fraction of sp³-hybridized carbons (Fsp3) is 0.562. The Hall–Kier alpha value is -1.35. The second-order valence-electron chi connectivity index (χ2n) is 5.98. The highest BCUT2D eigenvalue weighted by Crippen LogP contribution is 2.22. The summed E-state index contributed by atoms with van der Waals surface area (Å²) in [5, 5.41) is 0. The van der Waals surface area contributed by atoms with Gasteiger partial charge in [0.2, 0.25) is 0 Å². The second-order valence-corrected chi connectivity index (χ2v) is 5.98. The molecule has 2 heterocycles. The highest BCUT2D eigenvalue weighted by Gasteiger charge is 2.22. The van der Waals surface area contributed by atoms with E-state index >= 15 is 0 Å². The van der Waals surface area contributed by atoms with Crippen molar-refractivity contribution in [2.45, 2.75) is 39.3 Å². The lowest BCUT2D eigenvalue weighted by atomic mass is 9.97. The van der Waals surface area contributed by atoms with Crippen molar-refractivity contribution < 1.29 is 0 Å². The molecule has 1 aliphatic rings. The summed E-state index contributed by atoms with van der Waals surface area (Å²) >= 11 is 0. The molecular weight excluding hydrogens is 234 g/mol. The van der Waals surface area contributed by atoms with Crippen molar-refractivity contribution in [1.29, 1.82) is 0 Å². The number of nitrogens with zero attached hydrogens (tertiary/aromatic N) is 3. The number of para-hydroxylation sites is 2. The van der Waals surface area contributed by atoms with Crippen LogP contribution in [0.4, 0.5) is 0 Å². The predicted molar refractivity (Wildman–Crippen MR) is 79.2 cm³/mol. The van der Waals surface area contributed by atoms with E-state index in [-0.39, 0.29) is 0 Å². The zero-order valence-corrected chi connectivity index (χ0v) is 11.9. The van der Waals surface area contributed by atoms with Crippen molar-refractivity contribution in [2.75, 3.05) is 13.1 Å². The van der Waals surface area contributed by atoms with Gasteiger partial charge in [-0.15, -0.1) is 0 Å². The molecule has 3 rings (SSSR count). The Bertz CT molecular complexity index is 544. The van der Waals surface area contributed by atoms with Crippen LogP contribution in [0.5, 0.6) is 0 Å². The fourth-order valence-corrected chi connectivity index (χ4v) is 3.15. The van der Waals surface area contributed by atoms with Gasteiger partial charge in [0.05, 0.1) is 17.4 Å². The molecule has 3 heteroatoms. The summed E-state index contributed by atoms with van der Waals surface area (Å²) in [5.74, 6) is 0.758. The largest absolute Gasteiger partial charge is 0.330 e. The first kappa shape index (κ1) is 12.7. The quantitative estimate of drug-likeness (QED) is 0.842. The predicted octanol–water partition coefficient (Wildman–Crippen LogP) is 3.16. The van der Waals surface area contributed by atoms with Crippen LogP contribution in [0.2, 0.25) is 0 Å². The maximum atomic E-state index is 4.49. The van der Waals surface area contributed by atoms with Gasteiger partial charge in [-0.2, -0.15) is 0 Å². The number of aromatic nitrogens is 2. The van der Waals surface area contributed by atoms with Gasteiger partial charge in [-0.05, 0) is 51.3 Å². The summed E-state index contributed by atoms with van der Waals surface area (Å²) in [7, 11) is 0. The van der Waals surface area contributed by atoms with Crippen LogP contribution < -0.4 is 0 Å². The molecule has 1 saturated heterocycles. The molecule has 1 fully saturated rings. The van der Waals surface area contributed by atoms with E-state index in [0.29, 0.717) is 6.04 Å². The van der Waals surface area contributed by atoms with Gasteiger partial charge in [0.1, 0.15) is 0 Å². The monoisotopic (exact) mass is 257 g/mol. The van der Waals surface area contributed by atoms with Gasteiger partial charge in [0.15, 0.2) is 0 Å². The number of rotatable bonds is 3. The summed E-state index contributed by atoms with van der Waals surface area (Å²) in [6.07, 6.45) is 4.67. The van der Waals surface area contributed by atoms with Crippen molar-refractivity contribution in [1.82, 2.24) is 14.5 Å². The van der Waals surface area contributed by atoms with Crippen molar-refractivity contribution in [3.63, 3.8) is 0 Å². The van der Waals surface area contributed by atoms with Crippen molar-refractivity contribution >= 4 is 11.0 Å². The van der Waals surface area contributed by atoms with E-state index in [9.17, 15) is 0 Å². The number of benzene rings is 1. The number of imidazole rings is 1. The minimum absolute atomic E-state index is 0.669. The first-order valence-electron chi connectivity index (χ1n) is 7.38. The van der Waals surface area contributed by atoms with E-state index in [4.69, 9.17) is 0 Å². The molecule has 1 aromatic carbocycles. The molecule has 0 amide bonds. The molecular formula is C16H23N3. The Morgan fingerprint density at radius 2 is 2.16 bits per heavy atom. The number of hydrogen-bond donors (Lipinski definition) is 0. The molecule has 1 aromatic heterocycles. The Labute approximate surface area is 115 Å². The zero-order chi connectivity index (χ0) is 13.2. The molecule has 1 aliphatic heterocycles.